The highest BCUT2D eigenvalue weighted by Crippen LogP contribution is 2.54. The molecule has 1 saturated carbocycles. The van der Waals surface area contributed by atoms with Crippen LogP contribution in [0.5, 0.6) is 5.75 Å². The monoisotopic (exact) mass is 211 g/mol. The Morgan fingerprint density at radius 1 is 1.36 bits per heavy atom. The molecule has 1 spiro atoms. The lowest BCUT2D eigenvalue weighted by Gasteiger charge is -2.26. The van der Waals surface area contributed by atoms with Crippen LogP contribution in [0.1, 0.15) is 18.4 Å². The predicted molar refractivity (Wildman–Crippen MR) is 58.1 cm³/mol. The van der Waals surface area contributed by atoms with E-state index in [1.807, 2.05) is 12.1 Å². The first kappa shape index (κ1) is 9.81. The molecule has 0 saturated heterocycles. The van der Waals surface area contributed by atoms with Crippen molar-refractivity contribution in [1.82, 2.24) is 0 Å². The maximum absolute atomic E-state index is 5.99. The van der Waals surface area contributed by atoms with E-state index in [4.69, 9.17) is 10.5 Å². The highest BCUT2D eigenvalue weighted by atomic mass is 35.5. The molecule has 3 heteroatoms. The second kappa shape index (κ2) is 3.14. The third-order valence-electron chi connectivity index (χ3n) is 3.36. The quantitative estimate of drug-likeness (QED) is 0.711. The summed E-state index contributed by atoms with van der Waals surface area (Å²) < 4.78 is 5.59. The van der Waals surface area contributed by atoms with Gasteiger partial charge >= 0.3 is 0 Å². The van der Waals surface area contributed by atoms with Crippen LogP contribution in [0.4, 0.5) is 0 Å². The fraction of sp³-hybridized carbons (Fsp3) is 0.455. The summed E-state index contributed by atoms with van der Waals surface area (Å²) in [7, 11) is 0. The number of rotatable bonds is 0. The standard InChI is InChI=1S/C11H13NO.ClH/c12-10-7-11(10)5-6-13-9-4-2-1-3-8(9)11;/h1-4,10H,5-7,12H2;1H. The van der Waals surface area contributed by atoms with Crippen LogP contribution in [0.25, 0.3) is 0 Å². The summed E-state index contributed by atoms with van der Waals surface area (Å²) in [6, 6.07) is 8.65. The molecule has 0 radical (unpaired) electrons. The molecule has 3 rings (SSSR count). The zero-order valence-corrected chi connectivity index (χ0v) is 8.72. The molecule has 2 unspecified atom stereocenters. The molecule has 2 aliphatic rings. The molecule has 0 bridgehead atoms. The first-order valence-corrected chi connectivity index (χ1v) is 4.81. The van der Waals surface area contributed by atoms with E-state index in [-0.39, 0.29) is 17.8 Å². The van der Waals surface area contributed by atoms with Gasteiger partial charge in [-0.1, -0.05) is 18.2 Å². The molecular formula is C11H14ClNO. The Labute approximate surface area is 89.9 Å². The number of halogens is 1. The van der Waals surface area contributed by atoms with Crippen molar-refractivity contribution in [2.24, 2.45) is 5.73 Å². The molecule has 1 aromatic rings. The van der Waals surface area contributed by atoms with Gasteiger partial charge in [-0.25, -0.2) is 0 Å². The third kappa shape index (κ3) is 1.14. The number of para-hydroxylation sites is 1. The molecule has 14 heavy (non-hydrogen) atoms. The molecule has 1 aromatic carbocycles. The SMILES string of the molecule is Cl.NC1CC12CCOc1ccccc12. The van der Waals surface area contributed by atoms with Crippen LogP contribution in [0, 0.1) is 0 Å². The van der Waals surface area contributed by atoms with Crippen LogP contribution in [0.15, 0.2) is 24.3 Å². The van der Waals surface area contributed by atoms with Crippen molar-refractivity contribution in [3.63, 3.8) is 0 Å². The second-order valence-electron chi connectivity index (χ2n) is 4.06. The second-order valence-corrected chi connectivity index (χ2v) is 4.06. The molecule has 1 aliphatic heterocycles. The smallest absolute Gasteiger partial charge is 0.123 e. The highest BCUT2D eigenvalue weighted by Gasteiger charge is 2.55. The van der Waals surface area contributed by atoms with E-state index in [2.05, 4.69) is 12.1 Å². The van der Waals surface area contributed by atoms with Gasteiger partial charge in [-0.15, -0.1) is 12.4 Å². The van der Waals surface area contributed by atoms with Gasteiger partial charge in [-0.3, -0.25) is 0 Å². The predicted octanol–water partition coefficient (Wildman–Crippen LogP) is 1.86. The molecule has 2 nitrogen and oxygen atoms in total. The summed E-state index contributed by atoms with van der Waals surface area (Å²) in [4.78, 5) is 0. The molecule has 1 aliphatic carbocycles. The van der Waals surface area contributed by atoms with Gasteiger partial charge in [-0.2, -0.15) is 0 Å². The minimum atomic E-state index is 0. The molecule has 0 aromatic heterocycles. The Morgan fingerprint density at radius 3 is 2.79 bits per heavy atom. The van der Waals surface area contributed by atoms with Crippen LogP contribution in [-0.2, 0) is 5.41 Å². The van der Waals surface area contributed by atoms with Crippen LogP contribution < -0.4 is 10.5 Å². The lowest BCUT2D eigenvalue weighted by Crippen LogP contribution is -2.26. The average molecular weight is 212 g/mol. The van der Waals surface area contributed by atoms with Gasteiger partial charge in [0, 0.05) is 17.0 Å². The minimum absolute atomic E-state index is 0. The van der Waals surface area contributed by atoms with Gasteiger partial charge in [0.2, 0.25) is 0 Å². The van der Waals surface area contributed by atoms with Crippen molar-refractivity contribution in [2.75, 3.05) is 6.61 Å². The Bertz CT molecular complexity index is 355. The fourth-order valence-corrected chi connectivity index (χ4v) is 2.41. The van der Waals surface area contributed by atoms with Gasteiger partial charge in [0.15, 0.2) is 0 Å². The molecule has 0 amide bonds. The zero-order valence-electron chi connectivity index (χ0n) is 7.90. The third-order valence-corrected chi connectivity index (χ3v) is 3.36. The maximum Gasteiger partial charge on any atom is 0.123 e. The average Bonchev–Trinajstić information content (AvgIpc) is 2.79. The van der Waals surface area contributed by atoms with Crippen molar-refractivity contribution in [3.8, 4) is 5.75 Å². The van der Waals surface area contributed by atoms with E-state index in [1.165, 1.54) is 5.56 Å². The number of fused-ring (bicyclic) bond motifs is 2. The van der Waals surface area contributed by atoms with Gasteiger partial charge in [-0.05, 0) is 18.9 Å². The summed E-state index contributed by atoms with van der Waals surface area (Å²) in [5.41, 5.74) is 7.59. The van der Waals surface area contributed by atoms with E-state index in [0.717, 1.165) is 25.2 Å². The first-order valence-electron chi connectivity index (χ1n) is 4.81. The van der Waals surface area contributed by atoms with Gasteiger partial charge in [0.1, 0.15) is 5.75 Å². The Morgan fingerprint density at radius 2 is 2.07 bits per heavy atom. The molecule has 2 atom stereocenters. The molecule has 1 fully saturated rings. The van der Waals surface area contributed by atoms with E-state index in [9.17, 15) is 0 Å². The largest absolute Gasteiger partial charge is 0.493 e. The summed E-state index contributed by atoms with van der Waals surface area (Å²) in [5.74, 6) is 1.04. The van der Waals surface area contributed by atoms with Crippen molar-refractivity contribution in [1.29, 1.82) is 0 Å². The number of hydrogen-bond acceptors (Lipinski definition) is 2. The van der Waals surface area contributed by atoms with Gasteiger partial charge < -0.3 is 10.5 Å². The molecule has 1 heterocycles. The molecular weight excluding hydrogens is 198 g/mol. The molecule has 2 N–H and O–H groups in total. The maximum atomic E-state index is 5.99. The zero-order chi connectivity index (χ0) is 8.89. The summed E-state index contributed by atoms with van der Waals surface area (Å²) in [5, 5.41) is 0. The van der Waals surface area contributed by atoms with E-state index < -0.39 is 0 Å². The van der Waals surface area contributed by atoms with Crippen molar-refractivity contribution < 1.29 is 4.74 Å². The van der Waals surface area contributed by atoms with Crippen molar-refractivity contribution in [2.45, 2.75) is 24.3 Å². The lowest BCUT2D eigenvalue weighted by molar-refractivity contribution is 0.258. The van der Waals surface area contributed by atoms with Gasteiger partial charge in [0.05, 0.1) is 6.61 Å². The van der Waals surface area contributed by atoms with Crippen LogP contribution in [-0.4, -0.2) is 12.6 Å². The van der Waals surface area contributed by atoms with Crippen molar-refractivity contribution in [3.05, 3.63) is 29.8 Å². The van der Waals surface area contributed by atoms with Gasteiger partial charge in [0.25, 0.3) is 0 Å². The molecule has 76 valence electrons. The number of hydrogen-bond donors (Lipinski definition) is 1. The highest BCUT2D eigenvalue weighted by molar-refractivity contribution is 5.85. The summed E-state index contributed by atoms with van der Waals surface area (Å²) in [6.07, 6.45) is 2.22. The number of benzene rings is 1. The Kier molecular flexibility index (Phi) is 2.20. The van der Waals surface area contributed by atoms with E-state index in [1.54, 1.807) is 0 Å². The van der Waals surface area contributed by atoms with E-state index in [0.29, 0.717) is 6.04 Å². The fourth-order valence-electron chi connectivity index (χ4n) is 2.41. The number of ether oxygens (including phenoxy) is 1. The first-order chi connectivity index (χ1) is 6.33. The minimum Gasteiger partial charge on any atom is -0.493 e. The van der Waals surface area contributed by atoms with E-state index >= 15 is 0 Å². The van der Waals surface area contributed by atoms with Crippen LogP contribution in [0.2, 0.25) is 0 Å². The van der Waals surface area contributed by atoms with Crippen LogP contribution >= 0.6 is 12.4 Å². The van der Waals surface area contributed by atoms with Crippen molar-refractivity contribution >= 4 is 12.4 Å². The summed E-state index contributed by atoms with van der Waals surface area (Å²) in [6.45, 7) is 0.824. The Hall–Kier alpha value is -0.730. The lowest BCUT2D eigenvalue weighted by atomic mass is 9.89. The number of nitrogens with two attached hydrogens (primary N) is 1. The summed E-state index contributed by atoms with van der Waals surface area (Å²) >= 11 is 0. The normalized spacial score (nSPS) is 32.8. The Balaban J connectivity index is 0.000000750. The topological polar surface area (TPSA) is 35.2 Å². The van der Waals surface area contributed by atoms with Crippen LogP contribution in [0.3, 0.4) is 0 Å².